The number of amides is 1. The molecule has 114 valence electrons. The van der Waals surface area contributed by atoms with Crippen LogP contribution in [0.15, 0.2) is 29.4 Å². The molecule has 0 radical (unpaired) electrons. The van der Waals surface area contributed by atoms with Gasteiger partial charge in [-0.2, -0.15) is 0 Å². The number of hydrogen-bond donors (Lipinski definition) is 3. The number of amidine groups is 1. The van der Waals surface area contributed by atoms with Crippen LogP contribution in [0, 0.1) is 5.41 Å². The number of nitrogens with one attached hydrogen (secondary N) is 1. The van der Waals surface area contributed by atoms with Crippen molar-refractivity contribution in [2.24, 2.45) is 16.3 Å². The van der Waals surface area contributed by atoms with Crippen LogP contribution in [0.5, 0.6) is 0 Å². The van der Waals surface area contributed by atoms with Crippen LogP contribution in [0.2, 0.25) is 0 Å². The van der Waals surface area contributed by atoms with Crippen molar-refractivity contribution in [1.82, 2.24) is 5.32 Å². The number of rotatable bonds is 3. The Balaban J connectivity index is 2.07. The second-order valence-electron chi connectivity index (χ2n) is 6.50. The highest BCUT2D eigenvalue weighted by molar-refractivity contribution is 6.01. The summed E-state index contributed by atoms with van der Waals surface area (Å²) in [4.78, 5) is 12.3. The fraction of sp³-hybridized carbons (Fsp3) is 0.500. The minimum atomic E-state index is -0.106. The minimum absolute atomic E-state index is 0.00319. The molecule has 21 heavy (non-hydrogen) atoms. The smallest absolute Gasteiger partial charge is 0.251 e. The Morgan fingerprint density at radius 3 is 2.81 bits per heavy atom. The van der Waals surface area contributed by atoms with Crippen molar-refractivity contribution in [1.29, 1.82) is 0 Å². The van der Waals surface area contributed by atoms with E-state index in [1.54, 1.807) is 24.3 Å². The van der Waals surface area contributed by atoms with E-state index in [0.717, 1.165) is 19.3 Å². The van der Waals surface area contributed by atoms with Gasteiger partial charge in [0.05, 0.1) is 0 Å². The van der Waals surface area contributed by atoms with Gasteiger partial charge in [-0.25, -0.2) is 0 Å². The second kappa shape index (κ2) is 6.16. The van der Waals surface area contributed by atoms with E-state index in [1.807, 2.05) is 0 Å². The number of nitrogens with two attached hydrogens (primary N) is 1. The molecular formula is C16H23N3O2. The summed E-state index contributed by atoms with van der Waals surface area (Å²) >= 11 is 0. The van der Waals surface area contributed by atoms with Crippen LogP contribution in [0.4, 0.5) is 0 Å². The maximum Gasteiger partial charge on any atom is 0.251 e. The molecule has 2 rings (SSSR count). The van der Waals surface area contributed by atoms with Gasteiger partial charge in [0.1, 0.15) is 0 Å². The first-order chi connectivity index (χ1) is 9.91. The van der Waals surface area contributed by atoms with Gasteiger partial charge in [-0.15, -0.1) is 0 Å². The third-order valence-corrected chi connectivity index (χ3v) is 4.07. The summed E-state index contributed by atoms with van der Waals surface area (Å²) in [5.74, 6) is -0.103. The highest BCUT2D eigenvalue weighted by Gasteiger charge is 2.28. The summed E-state index contributed by atoms with van der Waals surface area (Å²) in [7, 11) is 0. The Morgan fingerprint density at radius 2 is 2.14 bits per heavy atom. The molecule has 0 heterocycles. The molecule has 5 nitrogen and oxygen atoms in total. The quantitative estimate of drug-likeness (QED) is 0.346. The second-order valence-corrected chi connectivity index (χ2v) is 6.50. The monoisotopic (exact) mass is 289 g/mol. The molecule has 1 aliphatic carbocycles. The molecule has 4 N–H and O–H groups in total. The lowest BCUT2D eigenvalue weighted by atomic mass is 9.75. The first-order valence-electron chi connectivity index (χ1n) is 7.30. The first kappa shape index (κ1) is 15.4. The van der Waals surface area contributed by atoms with Crippen molar-refractivity contribution >= 4 is 11.7 Å². The lowest BCUT2D eigenvalue weighted by Gasteiger charge is -2.35. The number of benzene rings is 1. The Morgan fingerprint density at radius 1 is 1.43 bits per heavy atom. The number of carbonyl (C=O) groups excluding carboxylic acids is 1. The Bertz CT molecular complexity index is 552. The zero-order valence-electron chi connectivity index (χ0n) is 12.6. The van der Waals surface area contributed by atoms with E-state index in [9.17, 15) is 4.79 Å². The highest BCUT2D eigenvalue weighted by Crippen LogP contribution is 2.35. The van der Waals surface area contributed by atoms with Crippen molar-refractivity contribution in [2.45, 2.75) is 45.6 Å². The predicted octanol–water partition coefficient (Wildman–Crippen LogP) is 2.48. The van der Waals surface area contributed by atoms with Gasteiger partial charge < -0.3 is 16.3 Å². The largest absolute Gasteiger partial charge is 0.409 e. The summed E-state index contributed by atoms with van der Waals surface area (Å²) in [6.07, 6.45) is 4.37. The van der Waals surface area contributed by atoms with E-state index in [2.05, 4.69) is 24.3 Å². The number of nitrogens with zero attached hydrogens (tertiary/aromatic N) is 1. The van der Waals surface area contributed by atoms with Gasteiger partial charge in [-0.1, -0.05) is 37.6 Å². The van der Waals surface area contributed by atoms with Gasteiger partial charge in [0, 0.05) is 17.2 Å². The molecule has 1 saturated carbocycles. The molecule has 0 aromatic heterocycles. The Labute approximate surface area is 125 Å². The molecule has 1 aromatic rings. The molecule has 1 aliphatic rings. The average molecular weight is 289 g/mol. The molecule has 0 spiro atoms. The summed E-state index contributed by atoms with van der Waals surface area (Å²) in [5, 5.41) is 14.7. The van der Waals surface area contributed by atoms with Crippen LogP contribution < -0.4 is 11.1 Å². The highest BCUT2D eigenvalue weighted by atomic mass is 16.4. The van der Waals surface area contributed by atoms with Crippen molar-refractivity contribution < 1.29 is 10.0 Å². The summed E-state index contributed by atoms with van der Waals surface area (Å²) < 4.78 is 0. The van der Waals surface area contributed by atoms with Gasteiger partial charge in [-0.3, -0.25) is 4.79 Å². The van der Waals surface area contributed by atoms with E-state index in [0.29, 0.717) is 11.1 Å². The number of hydrogen-bond acceptors (Lipinski definition) is 3. The van der Waals surface area contributed by atoms with Gasteiger partial charge in [0.15, 0.2) is 5.84 Å². The average Bonchev–Trinajstić information content (AvgIpc) is 2.45. The van der Waals surface area contributed by atoms with Crippen molar-refractivity contribution in [3.05, 3.63) is 35.4 Å². The normalized spacial score (nSPS) is 21.8. The summed E-state index contributed by atoms with van der Waals surface area (Å²) in [5.41, 5.74) is 6.90. The predicted molar refractivity (Wildman–Crippen MR) is 82.5 cm³/mol. The molecule has 1 atom stereocenters. The number of carbonyl (C=O) groups is 1. The van der Waals surface area contributed by atoms with E-state index >= 15 is 0 Å². The van der Waals surface area contributed by atoms with Crippen LogP contribution in [-0.2, 0) is 0 Å². The molecule has 1 aromatic carbocycles. The minimum Gasteiger partial charge on any atom is -0.409 e. The fourth-order valence-electron chi connectivity index (χ4n) is 2.97. The lowest BCUT2D eigenvalue weighted by molar-refractivity contribution is 0.0902. The van der Waals surface area contributed by atoms with Crippen LogP contribution in [0.25, 0.3) is 0 Å². The summed E-state index contributed by atoms with van der Waals surface area (Å²) in [6, 6.07) is 7.02. The Hall–Kier alpha value is -2.04. The first-order valence-corrected chi connectivity index (χ1v) is 7.30. The van der Waals surface area contributed by atoms with Crippen LogP contribution in [0.3, 0.4) is 0 Å². The van der Waals surface area contributed by atoms with E-state index in [-0.39, 0.29) is 23.2 Å². The third-order valence-electron chi connectivity index (χ3n) is 4.07. The lowest BCUT2D eigenvalue weighted by Crippen LogP contribution is -2.40. The molecule has 0 saturated heterocycles. The van der Waals surface area contributed by atoms with E-state index in [4.69, 9.17) is 10.9 Å². The molecule has 0 bridgehead atoms. The third kappa shape index (κ3) is 3.97. The molecular weight excluding hydrogens is 266 g/mol. The van der Waals surface area contributed by atoms with Gasteiger partial charge >= 0.3 is 0 Å². The number of oxime groups is 1. The molecule has 5 heteroatoms. The van der Waals surface area contributed by atoms with Gasteiger partial charge in [-0.05, 0) is 36.8 Å². The van der Waals surface area contributed by atoms with E-state index in [1.165, 1.54) is 6.42 Å². The van der Waals surface area contributed by atoms with Crippen LogP contribution >= 0.6 is 0 Å². The molecule has 1 unspecified atom stereocenters. The van der Waals surface area contributed by atoms with E-state index < -0.39 is 0 Å². The van der Waals surface area contributed by atoms with Crippen molar-refractivity contribution in [3.8, 4) is 0 Å². The summed E-state index contributed by atoms with van der Waals surface area (Å²) in [6.45, 7) is 4.48. The Kier molecular flexibility index (Phi) is 4.50. The van der Waals surface area contributed by atoms with Crippen molar-refractivity contribution in [3.63, 3.8) is 0 Å². The van der Waals surface area contributed by atoms with Gasteiger partial charge in [0.25, 0.3) is 5.91 Å². The SMILES string of the molecule is CC1(C)CCCC(NC(=O)c2cccc(/C(N)=N/O)c2)C1. The standard InChI is InChI=1S/C16H23N3O2/c1-16(2)8-4-7-13(10-16)18-15(20)12-6-3-5-11(9-12)14(17)19-21/h3,5-6,9,13,21H,4,7-8,10H2,1-2H3,(H2,17,19)(H,18,20). The zero-order valence-corrected chi connectivity index (χ0v) is 12.6. The fourth-order valence-corrected chi connectivity index (χ4v) is 2.97. The van der Waals surface area contributed by atoms with Crippen LogP contribution in [-0.4, -0.2) is 23.0 Å². The molecule has 0 aliphatic heterocycles. The maximum absolute atomic E-state index is 12.3. The molecule has 1 amide bonds. The topological polar surface area (TPSA) is 87.7 Å². The zero-order chi connectivity index (χ0) is 15.5. The maximum atomic E-state index is 12.3. The van der Waals surface area contributed by atoms with Crippen molar-refractivity contribution in [2.75, 3.05) is 0 Å². The van der Waals surface area contributed by atoms with Crippen LogP contribution in [0.1, 0.15) is 55.5 Å². The van der Waals surface area contributed by atoms with Gasteiger partial charge in [0.2, 0.25) is 0 Å². The molecule has 1 fully saturated rings.